The zero-order valence-corrected chi connectivity index (χ0v) is 18.8. The van der Waals surface area contributed by atoms with Gasteiger partial charge in [-0.2, -0.15) is 0 Å². The van der Waals surface area contributed by atoms with E-state index in [0.29, 0.717) is 35.4 Å². The Morgan fingerprint density at radius 2 is 1.70 bits per heavy atom. The summed E-state index contributed by atoms with van der Waals surface area (Å²) in [6.07, 6.45) is 1.65. The summed E-state index contributed by atoms with van der Waals surface area (Å²) in [6, 6.07) is 20.8. The first-order valence-corrected chi connectivity index (χ1v) is 11.0. The molecule has 0 aliphatic heterocycles. The van der Waals surface area contributed by atoms with Crippen LogP contribution in [0.3, 0.4) is 0 Å². The van der Waals surface area contributed by atoms with Gasteiger partial charge in [-0.3, -0.25) is 19.1 Å². The van der Waals surface area contributed by atoms with Gasteiger partial charge in [-0.15, -0.1) is 0 Å². The third-order valence-electron chi connectivity index (χ3n) is 5.87. The van der Waals surface area contributed by atoms with Gasteiger partial charge >= 0.3 is 5.69 Å². The number of nitrogens with zero attached hydrogens (tertiary/aromatic N) is 1. The minimum absolute atomic E-state index is 0.154. The number of H-pyrrole nitrogens is 1. The van der Waals surface area contributed by atoms with Crippen LogP contribution in [0, 0.1) is 0 Å². The number of nitrogens with one attached hydrogen (secondary N) is 1. The quantitative estimate of drug-likeness (QED) is 0.416. The summed E-state index contributed by atoms with van der Waals surface area (Å²) in [7, 11) is 1.56. The van der Waals surface area contributed by atoms with Crippen LogP contribution < -0.4 is 16.0 Å². The second-order valence-corrected chi connectivity index (χ2v) is 7.99. The highest BCUT2D eigenvalue weighted by molar-refractivity contribution is 5.96. The van der Waals surface area contributed by atoms with Crippen molar-refractivity contribution in [2.24, 2.45) is 0 Å². The van der Waals surface area contributed by atoms with E-state index < -0.39 is 5.69 Å². The molecular weight excluding hydrogens is 416 g/mol. The fourth-order valence-electron chi connectivity index (χ4n) is 4.17. The molecule has 0 spiro atoms. The van der Waals surface area contributed by atoms with Gasteiger partial charge in [0, 0.05) is 23.2 Å². The molecule has 6 heteroatoms. The topological polar surface area (TPSA) is 81.2 Å². The first-order chi connectivity index (χ1) is 16.0. The van der Waals surface area contributed by atoms with Crippen LogP contribution in [0.4, 0.5) is 0 Å². The molecule has 6 nitrogen and oxygen atoms in total. The lowest BCUT2D eigenvalue weighted by molar-refractivity contribution is 0.0969. The van der Waals surface area contributed by atoms with E-state index in [0.717, 1.165) is 22.8 Å². The molecule has 0 aliphatic rings. The first kappa shape index (κ1) is 22.3. The van der Waals surface area contributed by atoms with Crippen molar-refractivity contribution in [3.63, 3.8) is 0 Å². The number of rotatable bonds is 8. The van der Waals surface area contributed by atoms with E-state index in [1.54, 1.807) is 31.4 Å². The Balaban J connectivity index is 1.81. The van der Waals surface area contributed by atoms with Gasteiger partial charge in [0.15, 0.2) is 5.78 Å². The Kier molecular flexibility index (Phi) is 6.54. The number of hydrogen-bond acceptors (Lipinski definition) is 4. The van der Waals surface area contributed by atoms with Gasteiger partial charge in [-0.05, 0) is 47.0 Å². The summed E-state index contributed by atoms with van der Waals surface area (Å²) in [5.41, 5.74) is 1.65. The van der Waals surface area contributed by atoms with Crippen molar-refractivity contribution < 1.29 is 9.53 Å². The average Bonchev–Trinajstić information content (AvgIpc) is 2.84. The van der Waals surface area contributed by atoms with Crippen LogP contribution in [-0.2, 0) is 19.4 Å². The van der Waals surface area contributed by atoms with E-state index in [9.17, 15) is 14.4 Å². The molecule has 0 saturated heterocycles. The van der Waals surface area contributed by atoms with Gasteiger partial charge in [-0.25, -0.2) is 4.79 Å². The van der Waals surface area contributed by atoms with E-state index in [1.165, 1.54) is 4.57 Å². The summed E-state index contributed by atoms with van der Waals surface area (Å²) in [5, 5.41) is 2.14. The van der Waals surface area contributed by atoms with E-state index in [-0.39, 0.29) is 17.9 Å². The molecular formula is C27H26N2O4. The van der Waals surface area contributed by atoms with Gasteiger partial charge in [0.1, 0.15) is 5.75 Å². The van der Waals surface area contributed by atoms with Crippen molar-refractivity contribution in [3.8, 4) is 5.75 Å². The van der Waals surface area contributed by atoms with Crippen LogP contribution in [0.2, 0.25) is 0 Å². The second-order valence-electron chi connectivity index (χ2n) is 7.99. The minimum Gasteiger partial charge on any atom is -0.497 e. The summed E-state index contributed by atoms with van der Waals surface area (Å²) in [4.78, 5) is 41.0. The smallest absolute Gasteiger partial charge is 0.328 e. The Morgan fingerprint density at radius 1 is 0.970 bits per heavy atom. The molecule has 0 aliphatic carbocycles. The fraction of sp³-hybridized carbons (Fsp3) is 0.222. The number of carbonyl (C=O) groups is 1. The molecule has 0 fully saturated rings. The average molecular weight is 443 g/mol. The standard InChI is InChI=1S/C27H26N2O4/c1-3-7-23-24(16-20-10-6-9-18-8-4-5-11-22(18)20)29(27(32)28-26(23)31)17-25(30)19-12-14-21(33-2)15-13-19/h4-6,8-15H,3,7,16-17H2,1-2H3,(H,28,31,32). The Bertz CT molecular complexity index is 1410. The van der Waals surface area contributed by atoms with Crippen molar-refractivity contribution in [3.05, 3.63) is 110 Å². The maximum absolute atomic E-state index is 13.0. The zero-order chi connectivity index (χ0) is 23.4. The summed E-state index contributed by atoms with van der Waals surface area (Å²) in [6.45, 7) is 1.83. The molecule has 0 bridgehead atoms. The maximum Gasteiger partial charge on any atom is 0.328 e. The molecule has 0 unspecified atom stereocenters. The van der Waals surface area contributed by atoms with Crippen molar-refractivity contribution in [1.82, 2.24) is 9.55 Å². The molecule has 33 heavy (non-hydrogen) atoms. The van der Waals surface area contributed by atoms with Gasteiger partial charge in [0.25, 0.3) is 5.56 Å². The lowest BCUT2D eigenvalue weighted by Crippen LogP contribution is -2.37. The number of methoxy groups -OCH3 is 1. The van der Waals surface area contributed by atoms with E-state index in [4.69, 9.17) is 4.74 Å². The van der Waals surface area contributed by atoms with Crippen molar-refractivity contribution in [1.29, 1.82) is 0 Å². The van der Waals surface area contributed by atoms with Gasteiger partial charge < -0.3 is 4.74 Å². The Hall–Kier alpha value is -3.93. The molecule has 4 aromatic rings. The number of benzene rings is 3. The lowest BCUT2D eigenvalue weighted by atomic mass is 9.97. The number of Topliss-reactive ketones (excluding diaryl/α,β-unsaturated/α-hetero) is 1. The summed E-state index contributed by atoms with van der Waals surface area (Å²) in [5.74, 6) is 0.433. The number of carbonyl (C=O) groups excluding carboxylic acids is 1. The SMILES string of the molecule is CCCc1c(Cc2cccc3ccccc23)n(CC(=O)c2ccc(OC)cc2)c(=O)[nH]c1=O. The monoisotopic (exact) mass is 442 g/mol. The highest BCUT2D eigenvalue weighted by atomic mass is 16.5. The number of hydrogen-bond donors (Lipinski definition) is 1. The molecule has 0 saturated carbocycles. The third kappa shape index (κ3) is 4.65. The summed E-state index contributed by atoms with van der Waals surface area (Å²) >= 11 is 0. The number of aromatic amines is 1. The van der Waals surface area contributed by atoms with Crippen LogP contribution in [0.25, 0.3) is 10.8 Å². The van der Waals surface area contributed by atoms with Crippen LogP contribution in [0.5, 0.6) is 5.75 Å². The molecule has 1 heterocycles. The number of ketones is 1. The van der Waals surface area contributed by atoms with Crippen molar-refractivity contribution >= 4 is 16.6 Å². The molecule has 0 atom stereocenters. The predicted molar refractivity (Wildman–Crippen MR) is 129 cm³/mol. The minimum atomic E-state index is -0.572. The molecule has 0 amide bonds. The van der Waals surface area contributed by atoms with Crippen LogP contribution in [0.1, 0.15) is 40.5 Å². The molecule has 168 valence electrons. The number of aromatic nitrogens is 2. The summed E-state index contributed by atoms with van der Waals surface area (Å²) < 4.78 is 6.57. The third-order valence-corrected chi connectivity index (χ3v) is 5.87. The van der Waals surface area contributed by atoms with Gasteiger partial charge in [-0.1, -0.05) is 55.8 Å². The predicted octanol–water partition coefficient (Wildman–Crippen LogP) is 4.12. The highest BCUT2D eigenvalue weighted by Gasteiger charge is 2.18. The molecule has 4 rings (SSSR count). The Morgan fingerprint density at radius 3 is 2.42 bits per heavy atom. The second kappa shape index (κ2) is 9.69. The molecule has 1 N–H and O–H groups in total. The van der Waals surface area contributed by atoms with Crippen LogP contribution in [0.15, 0.2) is 76.3 Å². The van der Waals surface area contributed by atoms with Gasteiger partial charge in [0.2, 0.25) is 0 Å². The largest absolute Gasteiger partial charge is 0.497 e. The maximum atomic E-state index is 13.0. The van der Waals surface area contributed by atoms with Crippen LogP contribution >= 0.6 is 0 Å². The number of fused-ring (bicyclic) bond motifs is 1. The highest BCUT2D eigenvalue weighted by Crippen LogP contribution is 2.22. The normalized spacial score (nSPS) is 11.0. The molecule has 1 aromatic heterocycles. The number of ether oxygens (including phenoxy) is 1. The van der Waals surface area contributed by atoms with E-state index >= 15 is 0 Å². The van der Waals surface area contributed by atoms with Gasteiger partial charge in [0.05, 0.1) is 13.7 Å². The van der Waals surface area contributed by atoms with E-state index in [1.807, 2.05) is 49.4 Å². The van der Waals surface area contributed by atoms with Crippen molar-refractivity contribution in [2.45, 2.75) is 32.7 Å². The first-order valence-electron chi connectivity index (χ1n) is 11.0. The Labute approximate surface area is 191 Å². The van der Waals surface area contributed by atoms with E-state index in [2.05, 4.69) is 4.98 Å². The molecule has 0 radical (unpaired) electrons. The molecule has 3 aromatic carbocycles. The zero-order valence-electron chi connectivity index (χ0n) is 18.8. The fourth-order valence-corrected chi connectivity index (χ4v) is 4.17. The lowest BCUT2D eigenvalue weighted by Gasteiger charge is -2.17. The van der Waals surface area contributed by atoms with Crippen LogP contribution in [-0.4, -0.2) is 22.4 Å². The van der Waals surface area contributed by atoms with Crippen molar-refractivity contribution in [2.75, 3.05) is 7.11 Å².